The lowest BCUT2D eigenvalue weighted by atomic mass is 9.99. The average Bonchev–Trinajstić information content (AvgIpc) is 2.97. The Morgan fingerprint density at radius 3 is 2.32 bits per heavy atom. The number of piperidine rings is 1. The van der Waals surface area contributed by atoms with Crippen molar-refractivity contribution in [2.75, 3.05) is 39.7 Å². The molecule has 1 aliphatic rings. The number of methoxy groups -OCH3 is 3. The maximum atomic E-state index is 9.83. The van der Waals surface area contributed by atoms with Gasteiger partial charge in [0.25, 0.3) is 0 Å². The molecule has 7 heteroatoms. The van der Waals surface area contributed by atoms with Gasteiger partial charge in [-0.3, -0.25) is 9.88 Å². The summed E-state index contributed by atoms with van der Waals surface area (Å²) in [6, 6.07) is 20.8. The summed E-state index contributed by atoms with van der Waals surface area (Å²) >= 11 is 0. The minimum atomic E-state index is 0.447. The number of hydrogen-bond acceptors (Lipinski definition) is 7. The molecule has 0 bridgehead atoms. The van der Waals surface area contributed by atoms with Crippen LogP contribution in [0, 0.1) is 11.3 Å². The molecule has 0 amide bonds. The zero-order valence-electron chi connectivity index (χ0n) is 22.1. The number of fused-ring (bicyclic) bond motifs is 1. The Bertz CT molecular complexity index is 1460. The second kappa shape index (κ2) is 11.4. The first-order valence-corrected chi connectivity index (χ1v) is 12.8. The van der Waals surface area contributed by atoms with Crippen molar-refractivity contribution >= 4 is 22.3 Å². The van der Waals surface area contributed by atoms with E-state index in [-0.39, 0.29) is 0 Å². The molecule has 0 spiro atoms. The summed E-state index contributed by atoms with van der Waals surface area (Å²) in [6.07, 6.45) is 5.52. The first-order chi connectivity index (χ1) is 18.6. The number of benzene rings is 3. The smallest absolute Gasteiger partial charge is 0.203 e. The molecule has 5 rings (SSSR count). The van der Waals surface area contributed by atoms with E-state index in [4.69, 9.17) is 14.2 Å². The van der Waals surface area contributed by atoms with E-state index in [0.29, 0.717) is 34.2 Å². The average molecular weight is 509 g/mol. The van der Waals surface area contributed by atoms with Crippen LogP contribution in [0.2, 0.25) is 0 Å². The molecule has 2 heterocycles. The molecule has 194 valence electrons. The van der Waals surface area contributed by atoms with E-state index in [1.807, 2.05) is 18.2 Å². The van der Waals surface area contributed by atoms with Gasteiger partial charge in [0.05, 0.1) is 38.1 Å². The van der Waals surface area contributed by atoms with Gasteiger partial charge in [0.15, 0.2) is 11.5 Å². The standard InChI is InChI=1S/C31H32N4O3/c1-36-28-16-25(17-29(37-2)31(28)38-3)34-30-24(18-32)19-33-27-15-23(10-11-26(27)30)22-9-7-8-21(14-22)20-35-12-5-4-6-13-35/h7-11,14-17,19H,4-6,12-13,20H2,1-3H3,(H,33,34). The van der Waals surface area contributed by atoms with Crippen molar-refractivity contribution in [3.63, 3.8) is 0 Å². The third-order valence-electron chi connectivity index (χ3n) is 7.04. The number of rotatable bonds is 8. The minimum absolute atomic E-state index is 0.447. The highest BCUT2D eigenvalue weighted by Gasteiger charge is 2.16. The number of anilines is 2. The Labute approximate surface area is 223 Å². The van der Waals surface area contributed by atoms with E-state index in [2.05, 4.69) is 57.7 Å². The van der Waals surface area contributed by atoms with Crippen LogP contribution < -0.4 is 19.5 Å². The highest BCUT2D eigenvalue weighted by atomic mass is 16.5. The minimum Gasteiger partial charge on any atom is -0.493 e. The lowest BCUT2D eigenvalue weighted by molar-refractivity contribution is 0.221. The molecule has 1 aromatic heterocycles. The lowest BCUT2D eigenvalue weighted by Gasteiger charge is -2.26. The van der Waals surface area contributed by atoms with E-state index in [9.17, 15) is 5.26 Å². The number of ether oxygens (including phenoxy) is 3. The van der Waals surface area contributed by atoms with Gasteiger partial charge in [-0.05, 0) is 54.8 Å². The van der Waals surface area contributed by atoms with Gasteiger partial charge in [0.1, 0.15) is 6.07 Å². The van der Waals surface area contributed by atoms with Crippen LogP contribution in [-0.2, 0) is 6.54 Å². The fraction of sp³-hybridized carbons (Fsp3) is 0.290. The van der Waals surface area contributed by atoms with Crippen LogP contribution in [0.5, 0.6) is 17.2 Å². The van der Waals surface area contributed by atoms with Gasteiger partial charge in [-0.1, -0.05) is 36.8 Å². The van der Waals surface area contributed by atoms with Crippen LogP contribution >= 0.6 is 0 Å². The molecular weight excluding hydrogens is 476 g/mol. The van der Waals surface area contributed by atoms with Crippen molar-refractivity contribution in [3.8, 4) is 34.4 Å². The number of nitriles is 1. The van der Waals surface area contributed by atoms with Gasteiger partial charge in [0, 0.05) is 35.9 Å². The van der Waals surface area contributed by atoms with Gasteiger partial charge in [-0.25, -0.2) is 0 Å². The highest BCUT2D eigenvalue weighted by Crippen LogP contribution is 2.41. The van der Waals surface area contributed by atoms with Crippen molar-refractivity contribution < 1.29 is 14.2 Å². The van der Waals surface area contributed by atoms with Crippen LogP contribution in [0.4, 0.5) is 11.4 Å². The third-order valence-corrected chi connectivity index (χ3v) is 7.04. The van der Waals surface area contributed by atoms with Gasteiger partial charge in [-0.2, -0.15) is 5.26 Å². The van der Waals surface area contributed by atoms with Crippen molar-refractivity contribution in [1.82, 2.24) is 9.88 Å². The summed E-state index contributed by atoms with van der Waals surface area (Å²) in [5.41, 5.74) is 6.21. The highest BCUT2D eigenvalue weighted by molar-refractivity contribution is 5.98. The van der Waals surface area contributed by atoms with E-state index in [0.717, 1.165) is 28.6 Å². The predicted octanol–water partition coefficient (Wildman–Crippen LogP) is 6.53. The summed E-state index contributed by atoms with van der Waals surface area (Å²) in [7, 11) is 4.72. The Kier molecular flexibility index (Phi) is 7.62. The molecule has 0 radical (unpaired) electrons. The Balaban J connectivity index is 1.49. The Morgan fingerprint density at radius 1 is 0.895 bits per heavy atom. The van der Waals surface area contributed by atoms with Crippen molar-refractivity contribution in [2.45, 2.75) is 25.8 Å². The molecule has 1 saturated heterocycles. The van der Waals surface area contributed by atoms with Crippen LogP contribution in [0.25, 0.3) is 22.0 Å². The summed E-state index contributed by atoms with van der Waals surface area (Å²) in [5.74, 6) is 1.56. The number of likely N-dealkylation sites (tertiary alicyclic amines) is 1. The largest absolute Gasteiger partial charge is 0.493 e. The lowest BCUT2D eigenvalue weighted by Crippen LogP contribution is -2.29. The molecule has 0 saturated carbocycles. The number of hydrogen-bond donors (Lipinski definition) is 1. The molecule has 1 fully saturated rings. The molecule has 0 aliphatic carbocycles. The Morgan fingerprint density at radius 2 is 1.63 bits per heavy atom. The Hall–Kier alpha value is -4.28. The number of nitrogens with one attached hydrogen (secondary N) is 1. The SMILES string of the molecule is COc1cc(Nc2c(C#N)cnc3cc(-c4cccc(CN5CCCCC5)c4)ccc23)cc(OC)c1OC. The molecular formula is C31H32N4O3. The number of aromatic nitrogens is 1. The zero-order valence-corrected chi connectivity index (χ0v) is 22.1. The van der Waals surface area contributed by atoms with Crippen molar-refractivity contribution in [1.29, 1.82) is 5.26 Å². The molecule has 7 nitrogen and oxygen atoms in total. The van der Waals surface area contributed by atoms with Gasteiger partial charge < -0.3 is 19.5 Å². The summed E-state index contributed by atoms with van der Waals surface area (Å²) in [5, 5.41) is 14.1. The second-order valence-electron chi connectivity index (χ2n) is 9.47. The van der Waals surface area contributed by atoms with E-state index < -0.39 is 0 Å². The number of pyridine rings is 1. The van der Waals surface area contributed by atoms with E-state index in [1.54, 1.807) is 27.5 Å². The van der Waals surface area contributed by atoms with Gasteiger partial charge >= 0.3 is 0 Å². The summed E-state index contributed by atoms with van der Waals surface area (Å²) < 4.78 is 16.4. The predicted molar refractivity (Wildman–Crippen MR) is 150 cm³/mol. The molecule has 3 aromatic carbocycles. The fourth-order valence-electron chi connectivity index (χ4n) is 5.12. The first kappa shape index (κ1) is 25.4. The molecule has 0 unspecified atom stereocenters. The zero-order chi connectivity index (χ0) is 26.5. The van der Waals surface area contributed by atoms with Crippen molar-refractivity contribution in [2.24, 2.45) is 0 Å². The monoisotopic (exact) mass is 508 g/mol. The first-order valence-electron chi connectivity index (χ1n) is 12.8. The molecule has 4 aromatic rings. The second-order valence-corrected chi connectivity index (χ2v) is 9.47. The molecule has 0 atom stereocenters. The maximum Gasteiger partial charge on any atom is 0.203 e. The molecule has 38 heavy (non-hydrogen) atoms. The topological polar surface area (TPSA) is 79.6 Å². The van der Waals surface area contributed by atoms with E-state index >= 15 is 0 Å². The molecule has 1 aliphatic heterocycles. The summed E-state index contributed by atoms with van der Waals surface area (Å²) in [4.78, 5) is 7.15. The van der Waals surface area contributed by atoms with Crippen LogP contribution in [0.1, 0.15) is 30.4 Å². The van der Waals surface area contributed by atoms with Crippen LogP contribution in [-0.4, -0.2) is 44.3 Å². The normalized spacial score (nSPS) is 13.6. The van der Waals surface area contributed by atoms with Crippen LogP contribution in [0.3, 0.4) is 0 Å². The van der Waals surface area contributed by atoms with Crippen LogP contribution in [0.15, 0.2) is 60.8 Å². The van der Waals surface area contributed by atoms with Crippen molar-refractivity contribution in [3.05, 3.63) is 71.9 Å². The van der Waals surface area contributed by atoms with Gasteiger partial charge in [0.2, 0.25) is 5.75 Å². The quantitative estimate of drug-likeness (QED) is 0.290. The number of nitrogens with zero attached hydrogens (tertiary/aromatic N) is 3. The molecule has 1 N–H and O–H groups in total. The maximum absolute atomic E-state index is 9.83. The fourth-order valence-corrected chi connectivity index (χ4v) is 5.12. The third kappa shape index (κ3) is 5.22. The van der Waals surface area contributed by atoms with E-state index in [1.165, 1.54) is 37.9 Å². The summed E-state index contributed by atoms with van der Waals surface area (Å²) in [6.45, 7) is 3.33. The van der Waals surface area contributed by atoms with Gasteiger partial charge in [-0.15, -0.1) is 0 Å².